The largest absolute Gasteiger partial charge is 0.351 e. The maximum absolute atomic E-state index is 12.6. The van der Waals surface area contributed by atoms with E-state index in [1.54, 1.807) is 30.7 Å². The fourth-order valence-corrected chi connectivity index (χ4v) is 5.05. The lowest BCUT2D eigenvalue weighted by Gasteiger charge is -2.26. The SMILES string of the molecule is O=C(NCCCc1cn[nH]c1)Nc1ccc(-c2ccncc2)c(C#Cc2ccc(C(=O)NCCN3CCCCC3)cc2)c1. The van der Waals surface area contributed by atoms with Gasteiger partial charge < -0.3 is 20.9 Å². The number of nitrogens with zero attached hydrogens (tertiary/aromatic N) is 3. The Morgan fingerprint density at radius 2 is 1.72 bits per heavy atom. The van der Waals surface area contributed by atoms with E-state index in [0.29, 0.717) is 24.3 Å². The summed E-state index contributed by atoms with van der Waals surface area (Å²) >= 11 is 0. The smallest absolute Gasteiger partial charge is 0.319 e. The van der Waals surface area contributed by atoms with Gasteiger partial charge in [-0.1, -0.05) is 24.3 Å². The van der Waals surface area contributed by atoms with Crippen molar-refractivity contribution in [2.75, 3.05) is 38.0 Å². The van der Waals surface area contributed by atoms with Crippen molar-refractivity contribution in [1.82, 2.24) is 30.7 Å². The lowest BCUT2D eigenvalue weighted by Crippen LogP contribution is -2.37. The Labute approximate surface area is 252 Å². The highest BCUT2D eigenvalue weighted by atomic mass is 16.2. The highest BCUT2D eigenvalue weighted by Gasteiger charge is 2.11. The lowest BCUT2D eigenvalue weighted by molar-refractivity contribution is 0.0946. The van der Waals surface area contributed by atoms with E-state index in [1.807, 2.05) is 48.7 Å². The summed E-state index contributed by atoms with van der Waals surface area (Å²) in [5.41, 5.74) is 5.84. The maximum atomic E-state index is 12.6. The monoisotopic (exact) mass is 575 g/mol. The Kier molecular flexibility index (Phi) is 10.5. The average Bonchev–Trinajstić information content (AvgIpc) is 3.57. The van der Waals surface area contributed by atoms with E-state index in [-0.39, 0.29) is 11.9 Å². The number of hydrogen-bond donors (Lipinski definition) is 4. The van der Waals surface area contributed by atoms with Crippen LogP contribution in [0, 0.1) is 11.8 Å². The maximum Gasteiger partial charge on any atom is 0.319 e. The Balaban J connectivity index is 1.21. The second-order valence-corrected chi connectivity index (χ2v) is 10.6. The zero-order valence-electron chi connectivity index (χ0n) is 24.2. The van der Waals surface area contributed by atoms with Gasteiger partial charge in [0.2, 0.25) is 0 Å². The number of aromatic nitrogens is 3. The molecule has 9 nitrogen and oxygen atoms in total. The number of amides is 3. The number of benzene rings is 2. The molecule has 9 heteroatoms. The van der Waals surface area contributed by atoms with Crippen LogP contribution in [0.3, 0.4) is 0 Å². The highest BCUT2D eigenvalue weighted by Crippen LogP contribution is 2.26. The highest BCUT2D eigenvalue weighted by molar-refractivity contribution is 5.94. The summed E-state index contributed by atoms with van der Waals surface area (Å²) in [5.74, 6) is 6.42. The van der Waals surface area contributed by atoms with Gasteiger partial charge in [-0.2, -0.15) is 5.10 Å². The standard InChI is InChI=1S/C34H37N7O2/c42-33(36-19-22-41-20-2-1-3-21-41)29-9-6-26(7-10-29)8-11-30-23-31(12-13-32(30)28-14-17-35-18-15-28)40-34(43)37-16-4-5-27-24-38-39-25-27/h6-7,9-10,12-15,17-18,23-25H,1-5,16,19-22H2,(H,36,42)(H,38,39)(H2,37,40,43). The Bertz CT molecular complexity index is 1540. The molecule has 0 aliphatic carbocycles. The van der Waals surface area contributed by atoms with Crippen molar-refractivity contribution in [3.05, 3.63) is 102 Å². The molecule has 4 N–H and O–H groups in total. The van der Waals surface area contributed by atoms with E-state index in [0.717, 1.165) is 60.3 Å². The minimum atomic E-state index is -0.271. The predicted octanol–water partition coefficient (Wildman–Crippen LogP) is 4.84. The summed E-state index contributed by atoms with van der Waals surface area (Å²) in [5, 5.41) is 15.6. The molecule has 4 aromatic rings. The average molecular weight is 576 g/mol. The van der Waals surface area contributed by atoms with Gasteiger partial charge in [0.25, 0.3) is 5.91 Å². The Morgan fingerprint density at radius 3 is 2.49 bits per heavy atom. The summed E-state index contributed by atoms with van der Waals surface area (Å²) < 4.78 is 0. The number of aryl methyl sites for hydroxylation is 1. The molecule has 0 atom stereocenters. The summed E-state index contributed by atoms with van der Waals surface area (Å²) in [4.78, 5) is 31.7. The van der Waals surface area contributed by atoms with Crippen LogP contribution in [0.25, 0.3) is 11.1 Å². The molecule has 3 amide bonds. The minimum Gasteiger partial charge on any atom is -0.351 e. The van der Waals surface area contributed by atoms with Crippen LogP contribution in [-0.4, -0.2) is 64.7 Å². The molecule has 0 spiro atoms. The second-order valence-electron chi connectivity index (χ2n) is 10.6. The van der Waals surface area contributed by atoms with Crippen molar-refractivity contribution < 1.29 is 9.59 Å². The van der Waals surface area contributed by atoms with Crippen LogP contribution < -0.4 is 16.0 Å². The van der Waals surface area contributed by atoms with E-state index < -0.39 is 0 Å². The second kappa shape index (κ2) is 15.3. The van der Waals surface area contributed by atoms with Crippen molar-refractivity contribution in [2.45, 2.75) is 32.1 Å². The van der Waals surface area contributed by atoms with Crippen molar-refractivity contribution >= 4 is 17.6 Å². The number of pyridine rings is 1. The van der Waals surface area contributed by atoms with Gasteiger partial charge in [-0.3, -0.25) is 14.9 Å². The fraction of sp³-hybridized carbons (Fsp3) is 0.294. The van der Waals surface area contributed by atoms with Gasteiger partial charge in [-0.15, -0.1) is 0 Å². The third kappa shape index (κ3) is 9.02. The normalized spacial score (nSPS) is 13.0. The molecule has 220 valence electrons. The number of H-pyrrole nitrogens is 1. The number of rotatable bonds is 10. The topological polar surface area (TPSA) is 115 Å². The number of nitrogens with one attached hydrogen (secondary N) is 4. The molecule has 0 radical (unpaired) electrons. The van der Waals surface area contributed by atoms with Crippen LogP contribution >= 0.6 is 0 Å². The van der Waals surface area contributed by atoms with E-state index in [4.69, 9.17) is 0 Å². The number of urea groups is 1. The molecule has 0 unspecified atom stereocenters. The van der Waals surface area contributed by atoms with E-state index in [1.165, 1.54) is 19.3 Å². The van der Waals surface area contributed by atoms with Crippen molar-refractivity contribution in [3.63, 3.8) is 0 Å². The first kappa shape index (κ1) is 29.5. The van der Waals surface area contributed by atoms with E-state index >= 15 is 0 Å². The van der Waals surface area contributed by atoms with Crippen LogP contribution in [-0.2, 0) is 6.42 Å². The van der Waals surface area contributed by atoms with E-state index in [2.05, 4.69) is 47.9 Å². The van der Waals surface area contributed by atoms with Gasteiger partial charge in [0.1, 0.15) is 0 Å². The number of likely N-dealkylation sites (tertiary alicyclic amines) is 1. The van der Waals surface area contributed by atoms with Gasteiger partial charge in [-0.05, 0) is 104 Å². The quantitative estimate of drug-likeness (QED) is 0.160. The molecule has 0 bridgehead atoms. The Morgan fingerprint density at radius 1 is 0.907 bits per heavy atom. The van der Waals surface area contributed by atoms with Crippen LogP contribution in [0.5, 0.6) is 0 Å². The predicted molar refractivity (Wildman–Crippen MR) is 169 cm³/mol. The van der Waals surface area contributed by atoms with Gasteiger partial charge in [0, 0.05) is 60.6 Å². The summed E-state index contributed by atoms with van der Waals surface area (Å²) in [6.07, 6.45) is 12.6. The molecule has 5 rings (SSSR count). The van der Waals surface area contributed by atoms with Gasteiger partial charge in [0.15, 0.2) is 0 Å². The molecule has 1 fully saturated rings. The first-order valence-corrected chi connectivity index (χ1v) is 14.8. The van der Waals surface area contributed by atoms with Gasteiger partial charge in [-0.25, -0.2) is 4.79 Å². The molecule has 2 aromatic carbocycles. The molecule has 43 heavy (non-hydrogen) atoms. The van der Waals surface area contributed by atoms with Crippen molar-refractivity contribution in [1.29, 1.82) is 0 Å². The molecule has 1 aliphatic rings. The van der Waals surface area contributed by atoms with Crippen LogP contribution in [0.15, 0.2) is 79.4 Å². The number of aromatic amines is 1. The molecule has 1 saturated heterocycles. The summed E-state index contributed by atoms with van der Waals surface area (Å²) in [6.45, 7) is 4.31. The first-order chi connectivity index (χ1) is 21.1. The number of hydrogen-bond acceptors (Lipinski definition) is 5. The molecule has 1 aliphatic heterocycles. The fourth-order valence-electron chi connectivity index (χ4n) is 5.05. The summed E-state index contributed by atoms with van der Waals surface area (Å²) in [6, 6.07) is 16.6. The lowest BCUT2D eigenvalue weighted by atomic mass is 9.99. The Hall–Kier alpha value is -4.94. The minimum absolute atomic E-state index is 0.0741. The number of carbonyl (C=O) groups excluding carboxylic acids is 2. The zero-order valence-corrected chi connectivity index (χ0v) is 24.2. The zero-order chi connectivity index (χ0) is 29.7. The molecular formula is C34H37N7O2. The molecular weight excluding hydrogens is 538 g/mol. The van der Waals surface area contributed by atoms with Crippen LogP contribution in [0.1, 0.15) is 52.7 Å². The van der Waals surface area contributed by atoms with Crippen molar-refractivity contribution in [3.8, 4) is 23.0 Å². The number of piperidine rings is 1. The van der Waals surface area contributed by atoms with Gasteiger partial charge in [0.05, 0.1) is 6.20 Å². The number of anilines is 1. The third-order valence-electron chi connectivity index (χ3n) is 7.40. The van der Waals surface area contributed by atoms with Crippen molar-refractivity contribution in [2.24, 2.45) is 0 Å². The third-order valence-corrected chi connectivity index (χ3v) is 7.40. The molecule has 2 aromatic heterocycles. The molecule has 3 heterocycles. The van der Waals surface area contributed by atoms with Gasteiger partial charge >= 0.3 is 6.03 Å². The summed E-state index contributed by atoms with van der Waals surface area (Å²) in [7, 11) is 0. The van der Waals surface area contributed by atoms with E-state index in [9.17, 15) is 9.59 Å². The van der Waals surface area contributed by atoms with Crippen LogP contribution in [0.2, 0.25) is 0 Å². The first-order valence-electron chi connectivity index (χ1n) is 14.8. The number of carbonyl (C=O) groups is 2. The molecule has 0 saturated carbocycles. The van der Waals surface area contributed by atoms with Crippen LogP contribution in [0.4, 0.5) is 10.5 Å².